The number of benzene rings is 1. The Balaban J connectivity index is 2.01. The smallest absolute Gasteiger partial charge is 0.328 e. The van der Waals surface area contributed by atoms with Crippen LogP contribution >= 0.6 is 0 Å². The van der Waals surface area contributed by atoms with E-state index in [2.05, 4.69) is 4.98 Å². The molecule has 1 saturated heterocycles. The Morgan fingerprint density at radius 2 is 2.09 bits per heavy atom. The first-order valence-corrected chi connectivity index (χ1v) is 6.81. The van der Waals surface area contributed by atoms with Gasteiger partial charge in [0, 0.05) is 11.9 Å². The van der Waals surface area contributed by atoms with Crippen LogP contribution in [0.1, 0.15) is 10.5 Å². The highest BCUT2D eigenvalue weighted by molar-refractivity contribution is 5.98. The zero-order valence-corrected chi connectivity index (χ0v) is 11.6. The maximum absolute atomic E-state index is 12.5. The minimum absolute atomic E-state index is 0.0567. The number of carboxylic acid groups (broad SMARTS) is 1. The fourth-order valence-electron chi connectivity index (χ4n) is 2.53. The quantitative estimate of drug-likeness (QED) is 0.839. The molecule has 0 bridgehead atoms. The Kier molecular flexibility index (Phi) is 3.64. The van der Waals surface area contributed by atoms with Crippen LogP contribution in [0.25, 0.3) is 10.8 Å². The van der Waals surface area contributed by atoms with Gasteiger partial charge in [-0.3, -0.25) is 9.59 Å². The van der Waals surface area contributed by atoms with E-state index >= 15 is 0 Å². The van der Waals surface area contributed by atoms with Crippen LogP contribution < -0.4 is 5.56 Å². The lowest BCUT2D eigenvalue weighted by atomic mass is 10.1. The molecule has 1 amide bonds. The lowest BCUT2D eigenvalue weighted by Crippen LogP contribution is -2.52. The number of aliphatic carboxylic acids is 1. The van der Waals surface area contributed by atoms with Gasteiger partial charge in [0.15, 0.2) is 6.04 Å². The number of amides is 1. The molecule has 3 rings (SSSR count). The second-order valence-electron chi connectivity index (χ2n) is 5.03. The molecule has 0 aliphatic carbocycles. The number of morpholine rings is 1. The number of hydrogen-bond acceptors (Lipinski definition) is 4. The topological polar surface area (TPSA) is 99.7 Å². The Bertz CT molecular complexity index is 798. The summed E-state index contributed by atoms with van der Waals surface area (Å²) in [7, 11) is 0. The van der Waals surface area contributed by atoms with Gasteiger partial charge >= 0.3 is 5.97 Å². The number of carbonyl (C=O) groups excluding carboxylic acids is 1. The number of aromatic nitrogens is 1. The molecule has 0 spiro atoms. The van der Waals surface area contributed by atoms with Gasteiger partial charge in [0.25, 0.3) is 11.5 Å². The van der Waals surface area contributed by atoms with Crippen LogP contribution in [0, 0.1) is 0 Å². The van der Waals surface area contributed by atoms with E-state index in [0.717, 1.165) is 0 Å². The van der Waals surface area contributed by atoms with Crippen LogP contribution in [0.3, 0.4) is 0 Å². The number of aromatic amines is 1. The number of nitrogens with one attached hydrogen (secondary N) is 1. The van der Waals surface area contributed by atoms with Gasteiger partial charge in [-0.1, -0.05) is 18.2 Å². The molecule has 114 valence electrons. The van der Waals surface area contributed by atoms with E-state index in [1.807, 2.05) is 0 Å². The molecule has 7 heteroatoms. The minimum Gasteiger partial charge on any atom is -0.480 e. The molecular weight excluding hydrogens is 288 g/mol. The van der Waals surface area contributed by atoms with Gasteiger partial charge in [-0.25, -0.2) is 4.79 Å². The normalized spacial score (nSPS) is 18.4. The number of rotatable bonds is 2. The van der Waals surface area contributed by atoms with Gasteiger partial charge in [-0.15, -0.1) is 0 Å². The number of hydrogen-bond donors (Lipinski definition) is 2. The van der Waals surface area contributed by atoms with E-state index < -0.39 is 17.9 Å². The molecule has 7 nitrogen and oxygen atoms in total. The van der Waals surface area contributed by atoms with Gasteiger partial charge in [-0.2, -0.15) is 0 Å². The average molecular weight is 302 g/mol. The van der Waals surface area contributed by atoms with Gasteiger partial charge in [-0.05, 0) is 17.5 Å². The van der Waals surface area contributed by atoms with E-state index in [9.17, 15) is 19.5 Å². The SMILES string of the molecule is O=C(O)C1COCCN1C(=O)c1cc2ccccc2c(=O)[nH]1. The van der Waals surface area contributed by atoms with Gasteiger partial charge in [0.2, 0.25) is 0 Å². The van der Waals surface area contributed by atoms with Crippen LogP contribution in [0.4, 0.5) is 0 Å². The van der Waals surface area contributed by atoms with Crippen molar-refractivity contribution >= 4 is 22.6 Å². The third-order valence-corrected chi connectivity index (χ3v) is 3.66. The maximum Gasteiger partial charge on any atom is 0.328 e. The second kappa shape index (κ2) is 5.61. The van der Waals surface area contributed by atoms with Gasteiger partial charge in [0.05, 0.1) is 13.2 Å². The van der Waals surface area contributed by atoms with Crippen LogP contribution in [0.15, 0.2) is 35.1 Å². The molecule has 2 aromatic rings. The number of carbonyl (C=O) groups is 2. The van der Waals surface area contributed by atoms with Crippen molar-refractivity contribution in [3.63, 3.8) is 0 Å². The fraction of sp³-hybridized carbons (Fsp3) is 0.267. The van der Waals surface area contributed by atoms with Crippen molar-refractivity contribution in [1.82, 2.24) is 9.88 Å². The van der Waals surface area contributed by atoms with Gasteiger partial charge in [0.1, 0.15) is 5.69 Å². The van der Waals surface area contributed by atoms with Gasteiger partial charge < -0.3 is 19.7 Å². The average Bonchev–Trinajstić information content (AvgIpc) is 2.54. The highest BCUT2D eigenvalue weighted by atomic mass is 16.5. The van der Waals surface area contributed by atoms with E-state index in [4.69, 9.17) is 4.74 Å². The number of nitrogens with zero attached hydrogens (tertiary/aromatic N) is 1. The molecule has 1 aliphatic heterocycles. The summed E-state index contributed by atoms with van der Waals surface area (Å²) in [5.41, 5.74) is -0.293. The molecule has 1 aromatic heterocycles. The van der Waals surface area contributed by atoms with Crippen LogP contribution in [0.5, 0.6) is 0 Å². The fourth-order valence-corrected chi connectivity index (χ4v) is 2.53. The van der Waals surface area contributed by atoms with E-state index in [1.165, 1.54) is 4.90 Å². The third-order valence-electron chi connectivity index (χ3n) is 3.66. The number of carboxylic acids is 1. The van der Waals surface area contributed by atoms with E-state index in [1.54, 1.807) is 30.3 Å². The van der Waals surface area contributed by atoms with Crippen molar-refractivity contribution in [3.8, 4) is 0 Å². The monoisotopic (exact) mass is 302 g/mol. The first-order chi connectivity index (χ1) is 10.6. The van der Waals surface area contributed by atoms with Crippen molar-refractivity contribution in [1.29, 1.82) is 0 Å². The van der Waals surface area contributed by atoms with E-state index in [0.29, 0.717) is 10.8 Å². The van der Waals surface area contributed by atoms with Crippen LogP contribution in [-0.4, -0.2) is 52.7 Å². The Hall–Kier alpha value is -2.67. The first kappa shape index (κ1) is 14.3. The molecule has 22 heavy (non-hydrogen) atoms. The zero-order chi connectivity index (χ0) is 15.7. The van der Waals surface area contributed by atoms with Crippen molar-refractivity contribution < 1.29 is 19.4 Å². The highest BCUT2D eigenvalue weighted by Gasteiger charge is 2.33. The lowest BCUT2D eigenvalue weighted by Gasteiger charge is -2.32. The molecule has 2 heterocycles. The summed E-state index contributed by atoms with van der Waals surface area (Å²) in [6.07, 6.45) is 0. The number of H-pyrrole nitrogens is 1. The molecule has 1 atom stereocenters. The number of pyridine rings is 1. The maximum atomic E-state index is 12.5. The summed E-state index contributed by atoms with van der Waals surface area (Å²) < 4.78 is 5.11. The number of ether oxygens (including phenoxy) is 1. The minimum atomic E-state index is -1.13. The molecule has 0 radical (unpaired) electrons. The van der Waals surface area contributed by atoms with Crippen LogP contribution in [0.2, 0.25) is 0 Å². The summed E-state index contributed by atoms with van der Waals surface area (Å²) in [4.78, 5) is 39.6. The Morgan fingerprint density at radius 1 is 1.32 bits per heavy atom. The predicted octanol–water partition coefficient (Wildman–Crippen LogP) is 0.454. The summed E-state index contributed by atoms with van der Waals surface area (Å²) in [6.45, 7) is 0.386. The molecule has 0 saturated carbocycles. The van der Waals surface area contributed by atoms with Crippen molar-refractivity contribution in [2.45, 2.75) is 6.04 Å². The largest absolute Gasteiger partial charge is 0.480 e. The van der Waals surface area contributed by atoms with Crippen LogP contribution in [-0.2, 0) is 9.53 Å². The molecule has 1 unspecified atom stereocenters. The summed E-state index contributed by atoms with van der Waals surface area (Å²) in [6, 6.07) is 7.42. The molecule has 1 aromatic carbocycles. The molecule has 1 fully saturated rings. The molecule has 2 N–H and O–H groups in total. The molecular formula is C15H14N2O5. The number of fused-ring (bicyclic) bond motifs is 1. The standard InChI is InChI=1S/C15H14N2O5/c18-13-10-4-2-1-3-9(10)7-11(16-13)14(19)17-5-6-22-8-12(17)15(20)21/h1-4,7,12H,5-6,8H2,(H,16,18)(H,20,21). The lowest BCUT2D eigenvalue weighted by molar-refractivity contribution is -0.147. The van der Waals surface area contributed by atoms with E-state index in [-0.39, 0.29) is 31.0 Å². The summed E-state index contributed by atoms with van der Waals surface area (Å²) >= 11 is 0. The highest BCUT2D eigenvalue weighted by Crippen LogP contribution is 2.15. The first-order valence-electron chi connectivity index (χ1n) is 6.81. The Morgan fingerprint density at radius 3 is 2.86 bits per heavy atom. The second-order valence-corrected chi connectivity index (χ2v) is 5.03. The molecule has 1 aliphatic rings. The van der Waals surface area contributed by atoms with Crippen molar-refractivity contribution in [2.24, 2.45) is 0 Å². The zero-order valence-electron chi connectivity index (χ0n) is 11.6. The van der Waals surface area contributed by atoms with Crippen molar-refractivity contribution in [2.75, 3.05) is 19.8 Å². The summed E-state index contributed by atoms with van der Waals surface area (Å²) in [5.74, 6) is -1.64. The van der Waals surface area contributed by atoms with Crippen molar-refractivity contribution in [3.05, 3.63) is 46.4 Å². The Labute approximate surface area is 125 Å². The predicted molar refractivity (Wildman–Crippen MR) is 77.8 cm³/mol. The summed E-state index contributed by atoms with van der Waals surface area (Å²) in [5, 5.41) is 10.3. The third kappa shape index (κ3) is 2.46.